The summed E-state index contributed by atoms with van der Waals surface area (Å²) < 4.78 is 5.50. The third-order valence-electron chi connectivity index (χ3n) is 7.05. The molecule has 0 aliphatic heterocycles. The van der Waals surface area contributed by atoms with Crippen LogP contribution in [0.3, 0.4) is 0 Å². The van der Waals surface area contributed by atoms with Gasteiger partial charge in [0, 0.05) is 7.05 Å². The summed E-state index contributed by atoms with van der Waals surface area (Å²) in [5, 5.41) is 10.8. The van der Waals surface area contributed by atoms with E-state index in [1.165, 1.54) is 0 Å². The number of carbonyl (C=O) groups is 2. The Morgan fingerprint density at radius 3 is 2.41 bits per heavy atom. The van der Waals surface area contributed by atoms with Crippen LogP contribution < -0.4 is 0 Å². The maximum Gasteiger partial charge on any atom is 0.312 e. The molecule has 5 nitrogen and oxygen atoms in total. The van der Waals surface area contributed by atoms with Crippen molar-refractivity contribution in [3.05, 3.63) is 35.9 Å². The van der Waals surface area contributed by atoms with E-state index in [2.05, 4.69) is 0 Å². The summed E-state index contributed by atoms with van der Waals surface area (Å²) in [5.41, 5.74) is -0.239. The molecule has 0 spiro atoms. The van der Waals surface area contributed by atoms with Crippen molar-refractivity contribution in [2.45, 2.75) is 57.1 Å². The van der Waals surface area contributed by atoms with Crippen LogP contribution in [0.4, 0.5) is 0 Å². The van der Waals surface area contributed by atoms with Crippen molar-refractivity contribution in [2.75, 3.05) is 13.7 Å². The van der Waals surface area contributed by atoms with E-state index in [0.717, 1.165) is 37.7 Å². The highest BCUT2D eigenvalue weighted by Crippen LogP contribution is 2.61. The molecule has 1 amide bonds. The molecular formula is C22H29NO4. The van der Waals surface area contributed by atoms with Crippen molar-refractivity contribution < 1.29 is 19.4 Å². The van der Waals surface area contributed by atoms with Crippen molar-refractivity contribution in [3.63, 3.8) is 0 Å². The summed E-state index contributed by atoms with van der Waals surface area (Å²) in [6.45, 7) is 1.73. The molecule has 0 heterocycles. The molecule has 0 radical (unpaired) electrons. The third kappa shape index (κ3) is 3.38. The third-order valence-corrected chi connectivity index (χ3v) is 7.05. The standard InChI is InChI=1S/C22H29NO4/c1-15(18-6-4-3-5-7-18)23(2)19(24)13-27-20(25)21-9-16-8-17(10-21)12-22(26,11-16)14-21/h3-7,15-17,26H,8-14H2,1-2H3/t15-,16-,17+,21?,22?/m0/s1. The van der Waals surface area contributed by atoms with E-state index in [9.17, 15) is 14.7 Å². The highest BCUT2D eigenvalue weighted by atomic mass is 16.5. The lowest BCUT2D eigenvalue weighted by Gasteiger charge is -2.58. The predicted octanol–water partition coefficient (Wildman–Crippen LogP) is 3.08. The Bertz CT molecular complexity index is 717. The summed E-state index contributed by atoms with van der Waals surface area (Å²) >= 11 is 0. The van der Waals surface area contributed by atoms with Crippen molar-refractivity contribution in [1.29, 1.82) is 0 Å². The minimum absolute atomic E-state index is 0.0855. The fraction of sp³-hybridized carbons (Fsp3) is 0.636. The molecule has 1 N–H and O–H groups in total. The number of amides is 1. The van der Waals surface area contributed by atoms with E-state index >= 15 is 0 Å². The summed E-state index contributed by atoms with van der Waals surface area (Å²) in [7, 11) is 1.74. The Morgan fingerprint density at radius 1 is 1.19 bits per heavy atom. The lowest BCUT2D eigenvalue weighted by molar-refractivity contribution is -0.197. The van der Waals surface area contributed by atoms with Crippen LogP contribution in [-0.4, -0.2) is 41.1 Å². The zero-order chi connectivity index (χ0) is 19.2. The maximum absolute atomic E-state index is 12.9. The van der Waals surface area contributed by atoms with Crippen LogP contribution in [0, 0.1) is 17.3 Å². The molecule has 0 aromatic heterocycles. The van der Waals surface area contributed by atoms with Gasteiger partial charge in [0.25, 0.3) is 5.91 Å². The number of benzene rings is 1. The zero-order valence-corrected chi connectivity index (χ0v) is 16.2. The van der Waals surface area contributed by atoms with E-state index in [0.29, 0.717) is 18.3 Å². The van der Waals surface area contributed by atoms with Crippen LogP contribution in [0.15, 0.2) is 30.3 Å². The first-order valence-electron chi connectivity index (χ1n) is 10.0. The Kier molecular flexibility index (Phi) is 4.53. The summed E-state index contributed by atoms with van der Waals surface area (Å²) in [6.07, 6.45) is 4.84. The molecule has 4 bridgehead atoms. The minimum atomic E-state index is -0.703. The summed E-state index contributed by atoms with van der Waals surface area (Å²) in [6, 6.07) is 9.72. The van der Waals surface area contributed by atoms with Gasteiger partial charge in [0.05, 0.1) is 17.1 Å². The molecule has 4 aliphatic carbocycles. The number of likely N-dealkylation sites (N-methyl/N-ethyl adjacent to an activating group) is 1. The molecule has 1 aromatic carbocycles. The molecule has 2 unspecified atom stereocenters. The van der Waals surface area contributed by atoms with Crippen LogP contribution in [0.5, 0.6) is 0 Å². The topological polar surface area (TPSA) is 66.8 Å². The van der Waals surface area contributed by atoms with Gasteiger partial charge in [-0.2, -0.15) is 0 Å². The zero-order valence-electron chi connectivity index (χ0n) is 16.2. The molecule has 146 valence electrons. The summed E-state index contributed by atoms with van der Waals surface area (Å²) in [5.74, 6) is 0.341. The van der Waals surface area contributed by atoms with Gasteiger partial charge in [0.15, 0.2) is 6.61 Å². The molecule has 4 fully saturated rings. The second-order valence-corrected chi connectivity index (χ2v) is 9.13. The Labute approximate surface area is 160 Å². The molecule has 4 aliphatic rings. The average molecular weight is 371 g/mol. The smallest absolute Gasteiger partial charge is 0.312 e. The van der Waals surface area contributed by atoms with E-state index < -0.39 is 11.0 Å². The first-order chi connectivity index (χ1) is 12.8. The van der Waals surface area contributed by atoms with E-state index in [1.54, 1.807) is 11.9 Å². The van der Waals surface area contributed by atoms with Gasteiger partial charge in [-0.1, -0.05) is 30.3 Å². The van der Waals surface area contributed by atoms with Crippen molar-refractivity contribution in [1.82, 2.24) is 4.90 Å². The molecule has 5 atom stereocenters. The number of nitrogens with zero attached hydrogens (tertiary/aromatic N) is 1. The molecule has 5 rings (SSSR count). The quantitative estimate of drug-likeness (QED) is 0.808. The molecular weight excluding hydrogens is 342 g/mol. The van der Waals surface area contributed by atoms with E-state index in [-0.39, 0.29) is 24.5 Å². The van der Waals surface area contributed by atoms with Crippen LogP contribution in [0.25, 0.3) is 0 Å². The predicted molar refractivity (Wildman–Crippen MR) is 101 cm³/mol. The number of carbonyl (C=O) groups excluding carboxylic acids is 2. The second kappa shape index (κ2) is 6.62. The molecule has 1 aromatic rings. The molecule has 0 saturated heterocycles. The molecule has 5 heteroatoms. The van der Waals surface area contributed by atoms with Gasteiger partial charge in [-0.25, -0.2) is 0 Å². The number of rotatable bonds is 5. The molecule has 27 heavy (non-hydrogen) atoms. The number of hydrogen-bond acceptors (Lipinski definition) is 4. The van der Waals surface area contributed by atoms with Crippen LogP contribution in [0.1, 0.15) is 57.1 Å². The number of hydrogen-bond donors (Lipinski definition) is 1. The first-order valence-corrected chi connectivity index (χ1v) is 10.0. The lowest BCUT2D eigenvalue weighted by Crippen LogP contribution is -2.58. The van der Waals surface area contributed by atoms with Crippen molar-refractivity contribution >= 4 is 11.9 Å². The Hall–Kier alpha value is -1.88. The second-order valence-electron chi connectivity index (χ2n) is 9.13. The van der Waals surface area contributed by atoms with Gasteiger partial charge < -0.3 is 14.7 Å². The largest absolute Gasteiger partial charge is 0.455 e. The Balaban J connectivity index is 1.37. The minimum Gasteiger partial charge on any atom is -0.455 e. The van der Waals surface area contributed by atoms with Gasteiger partial charge in [0.1, 0.15) is 0 Å². The highest BCUT2D eigenvalue weighted by Gasteiger charge is 2.60. The van der Waals surface area contributed by atoms with E-state index in [1.807, 2.05) is 37.3 Å². The summed E-state index contributed by atoms with van der Waals surface area (Å²) in [4.78, 5) is 27.1. The average Bonchev–Trinajstić information content (AvgIpc) is 2.63. The monoisotopic (exact) mass is 371 g/mol. The van der Waals surface area contributed by atoms with Gasteiger partial charge in [0.2, 0.25) is 0 Å². The van der Waals surface area contributed by atoms with Gasteiger partial charge in [-0.15, -0.1) is 0 Å². The van der Waals surface area contributed by atoms with Gasteiger partial charge >= 0.3 is 5.97 Å². The maximum atomic E-state index is 12.9. The van der Waals surface area contributed by atoms with Crippen LogP contribution in [0.2, 0.25) is 0 Å². The lowest BCUT2D eigenvalue weighted by atomic mass is 9.48. The van der Waals surface area contributed by atoms with Gasteiger partial charge in [-0.05, 0) is 62.8 Å². The van der Waals surface area contributed by atoms with Crippen molar-refractivity contribution in [2.24, 2.45) is 17.3 Å². The number of aliphatic hydroxyl groups is 1. The normalized spacial score (nSPS) is 34.9. The molecule has 4 saturated carbocycles. The number of ether oxygens (including phenoxy) is 1. The van der Waals surface area contributed by atoms with Crippen LogP contribution >= 0.6 is 0 Å². The SMILES string of the molecule is C[C@@H](c1ccccc1)N(C)C(=O)COC(=O)C12C[C@@H]3C[C@@H](CC(O)(C3)C1)C2. The van der Waals surface area contributed by atoms with E-state index in [4.69, 9.17) is 4.74 Å². The first kappa shape index (κ1) is 18.5. The fourth-order valence-electron chi connectivity index (χ4n) is 6.01. The van der Waals surface area contributed by atoms with Crippen LogP contribution in [-0.2, 0) is 14.3 Å². The fourth-order valence-corrected chi connectivity index (χ4v) is 6.01. The van der Waals surface area contributed by atoms with Gasteiger partial charge in [-0.3, -0.25) is 9.59 Å². The Morgan fingerprint density at radius 2 is 1.81 bits per heavy atom. The number of esters is 1. The highest BCUT2D eigenvalue weighted by molar-refractivity contribution is 5.83. The van der Waals surface area contributed by atoms with Crippen molar-refractivity contribution in [3.8, 4) is 0 Å².